The van der Waals surface area contributed by atoms with Gasteiger partial charge in [-0.05, 0) is 29.3 Å². The molecule has 0 saturated heterocycles. The number of benzene rings is 2. The lowest BCUT2D eigenvalue weighted by atomic mass is 10.1. The van der Waals surface area contributed by atoms with Gasteiger partial charge in [-0.25, -0.2) is 4.98 Å². The number of anilines is 1. The highest BCUT2D eigenvalue weighted by atomic mass is 32.2. The van der Waals surface area contributed by atoms with Crippen LogP contribution in [0.3, 0.4) is 0 Å². The minimum atomic E-state index is 0.232. The molecule has 36 heavy (non-hydrogen) atoms. The van der Waals surface area contributed by atoms with Crippen molar-refractivity contribution >= 4 is 23.0 Å². The lowest BCUT2D eigenvalue weighted by Gasteiger charge is -2.21. The van der Waals surface area contributed by atoms with Crippen molar-refractivity contribution in [2.24, 2.45) is 0 Å². The topological polar surface area (TPSA) is 92.5 Å². The van der Waals surface area contributed by atoms with Crippen LogP contribution in [0.2, 0.25) is 0 Å². The molecular weight excluding hydrogens is 474 g/mol. The number of nitrogens with one attached hydrogen (secondary N) is 1. The first-order valence-electron chi connectivity index (χ1n) is 11.6. The summed E-state index contributed by atoms with van der Waals surface area (Å²) in [7, 11) is 3.43. The van der Waals surface area contributed by atoms with Crippen molar-refractivity contribution in [3.05, 3.63) is 82.6 Å². The lowest BCUT2D eigenvalue weighted by molar-refractivity contribution is 0.110. The van der Waals surface area contributed by atoms with Crippen molar-refractivity contribution < 1.29 is 14.2 Å². The van der Waals surface area contributed by atoms with E-state index in [2.05, 4.69) is 38.4 Å². The molecule has 2 aromatic carbocycles. The molecule has 0 amide bonds. The Hall–Kier alpha value is -3.42. The summed E-state index contributed by atoms with van der Waals surface area (Å²) in [4.78, 5) is 12.1. The van der Waals surface area contributed by atoms with Crippen LogP contribution in [-0.2, 0) is 22.6 Å². The first-order chi connectivity index (χ1) is 17.7. The number of rotatable bonds is 12. The van der Waals surface area contributed by atoms with Crippen LogP contribution in [0.1, 0.15) is 16.8 Å². The zero-order valence-corrected chi connectivity index (χ0v) is 21.3. The standard InChI is InChI=1S/C27H29N5O3S/c1-33-15-13-32(14-16-34-2)18-20-7-9-21(10-8-20)19-35-27-29-12-11-23(31-27)22(17-28)26-30-24-5-3-4-6-25(24)36-26/h3-12,30H,13-16,18-19H2,1-2H3. The van der Waals surface area contributed by atoms with Crippen LogP contribution in [0.15, 0.2) is 70.7 Å². The number of aromatic nitrogens is 2. The smallest absolute Gasteiger partial charge is 0.317 e. The molecule has 0 saturated carbocycles. The Bertz CT molecular complexity index is 1190. The highest BCUT2D eigenvalue weighted by molar-refractivity contribution is 8.04. The van der Waals surface area contributed by atoms with E-state index >= 15 is 0 Å². The molecule has 1 N–H and O–H groups in total. The molecule has 0 fully saturated rings. The fourth-order valence-corrected chi connectivity index (χ4v) is 4.67. The van der Waals surface area contributed by atoms with Gasteiger partial charge in [0.05, 0.1) is 29.6 Å². The maximum Gasteiger partial charge on any atom is 0.317 e. The maximum atomic E-state index is 9.82. The average molecular weight is 504 g/mol. The average Bonchev–Trinajstić information content (AvgIpc) is 3.34. The summed E-state index contributed by atoms with van der Waals surface area (Å²) < 4.78 is 16.3. The number of nitriles is 1. The minimum absolute atomic E-state index is 0.232. The predicted molar refractivity (Wildman–Crippen MR) is 140 cm³/mol. The summed E-state index contributed by atoms with van der Waals surface area (Å²) >= 11 is 1.52. The van der Waals surface area contributed by atoms with Crippen molar-refractivity contribution in [3.8, 4) is 12.1 Å². The Balaban J connectivity index is 1.38. The molecule has 8 nitrogen and oxygen atoms in total. The number of thioether (sulfide) groups is 1. The van der Waals surface area contributed by atoms with Gasteiger partial charge in [0.2, 0.25) is 0 Å². The fraction of sp³-hybridized carbons (Fsp3) is 0.296. The summed E-state index contributed by atoms with van der Waals surface area (Å²) in [5.74, 6) is 0. The second-order valence-corrected chi connectivity index (χ2v) is 9.18. The summed E-state index contributed by atoms with van der Waals surface area (Å²) in [6.45, 7) is 4.21. The molecule has 0 bridgehead atoms. The molecule has 0 unspecified atom stereocenters. The molecule has 0 aliphatic carbocycles. The van der Waals surface area contributed by atoms with E-state index in [-0.39, 0.29) is 6.01 Å². The van der Waals surface area contributed by atoms with Gasteiger partial charge in [-0.2, -0.15) is 10.2 Å². The number of para-hydroxylation sites is 1. The molecule has 186 valence electrons. The highest BCUT2D eigenvalue weighted by Gasteiger charge is 2.21. The van der Waals surface area contributed by atoms with Crippen LogP contribution in [0.25, 0.3) is 5.57 Å². The Morgan fingerprint density at radius 2 is 1.72 bits per heavy atom. The number of allylic oxidation sites excluding steroid dienone is 1. The predicted octanol–water partition coefficient (Wildman–Crippen LogP) is 4.56. The summed E-state index contributed by atoms with van der Waals surface area (Å²) in [6.07, 6.45) is 1.61. The van der Waals surface area contributed by atoms with Gasteiger partial charge in [0.1, 0.15) is 18.2 Å². The molecule has 3 aromatic rings. The van der Waals surface area contributed by atoms with Crippen molar-refractivity contribution in [2.45, 2.75) is 18.0 Å². The molecule has 4 rings (SSSR count). The third-order valence-corrected chi connectivity index (χ3v) is 6.68. The van der Waals surface area contributed by atoms with E-state index in [4.69, 9.17) is 14.2 Å². The Labute approximate surface area is 215 Å². The summed E-state index contributed by atoms with van der Waals surface area (Å²) in [6, 6.07) is 20.5. The molecule has 9 heteroatoms. The zero-order chi connectivity index (χ0) is 25.2. The summed E-state index contributed by atoms with van der Waals surface area (Å²) in [5.41, 5.74) is 4.18. The normalized spacial score (nSPS) is 13.7. The van der Waals surface area contributed by atoms with Gasteiger partial charge < -0.3 is 19.5 Å². The van der Waals surface area contributed by atoms with Crippen LogP contribution in [0.5, 0.6) is 6.01 Å². The quantitative estimate of drug-likeness (QED) is 0.357. The fourth-order valence-electron chi connectivity index (χ4n) is 3.66. The van der Waals surface area contributed by atoms with E-state index in [0.717, 1.165) is 40.8 Å². The molecule has 0 atom stereocenters. The van der Waals surface area contributed by atoms with Gasteiger partial charge in [0.15, 0.2) is 0 Å². The van der Waals surface area contributed by atoms with E-state index in [0.29, 0.717) is 31.1 Å². The molecule has 0 spiro atoms. The van der Waals surface area contributed by atoms with Crippen molar-refractivity contribution in [2.75, 3.05) is 45.8 Å². The molecule has 0 radical (unpaired) electrons. The molecule has 2 heterocycles. The number of nitrogens with zero attached hydrogens (tertiary/aromatic N) is 4. The van der Waals surface area contributed by atoms with Crippen molar-refractivity contribution in [1.29, 1.82) is 5.26 Å². The largest absolute Gasteiger partial charge is 0.459 e. The van der Waals surface area contributed by atoms with Crippen LogP contribution < -0.4 is 10.1 Å². The van der Waals surface area contributed by atoms with Crippen LogP contribution in [0.4, 0.5) is 5.69 Å². The third-order valence-electron chi connectivity index (χ3n) is 5.60. The summed E-state index contributed by atoms with van der Waals surface area (Å²) in [5, 5.41) is 13.9. The van der Waals surface area contributed by atoms with Crippen LogP contribution in [-0.4, -0.2) is 55.4 Å². The Morgan fingerprint density at radius 3 is 2.42 bits per heavy atom. The van der Waals surface area contributed by atoms with Gasteiger partial charge in [-0.15, -0.1) is 0 Å². The van der Waals surface area contributed by atoms with Crippen LogP contribution >= 0.6 is 11.8 Å². The third kappa shape index (κ3) is 6.83. The SMILES string of the molecule is COCCN(CCOC)Cc1ccc(COc2nccc(C(C#N)=C3Nc4ccccc4S3)n2)cc1. The Morgan fingerprint density at radius 1 is 1.00 bits per heavy atom. The van der Waals surface area contributed by atoms with Crippen molar-refractivity contribution in [3.63, 3.8) is 0 Å². The first-order valence-corrected chi connectivity index (χ1v) is 12.4. The van der Waals surface area contributed by atoms with E-state index < -0.39 is 0 Å². The number of methoxy groups -OCH3 is 2. The highest BCUT2D eigenvalue weighted by Crippen LogP contribution is 2.43. The first kappa shape index (κ1) is 25.7. The van der Waals surface area contributed by atoms with Gasteiger partial charge in [-0.3, -0.25) is 4.90 Å². The maximum absolute atomic E-state index is 9.82. The molecule has 1 aliphatic rings. The van der Waals surface area contributed by atoms with Gasteiger partial charge in [-0.1, -0.05) is 48.2 Å². The molecule has 1 aromatic heterocycles. The lowest BCUT2D eigenvalue weighted by Crippen LogP contribution is -2.30. The Kier molecular flexibility index (Phi) is 9.30. The monoisotopic (exact) mass is 503 g/mol. The number of ether oxygens (including phenoxy) is 3. The van der Waals surface area contributed by atoms with Gasteiger partial charge in [0.25, 0.3) is 0 Å². The second-order valence-electron chi connectivity index (χ2n) is 8.13. The second kappa shape index (κ2) is 13.0. The molecular formula is C27H29N5O3S. The van der Waals surface area contributed by atoms with E-state index in [1.54, 1.807) is 26.5 Å². The number of hydrogen-bond acceptors (Lipinski definition) is 9. The van der Waals surface area contributed by atoms with E-state index in [1.807, 2.05) is 36.4 Å². The minimum Gasteiger partial charge on any atom is -0.459 e. The van der Waals surface area contributed by atoms with E-state index in [1.165, 1.54) is 17.3 Å². The van der Waals surface area contributed by atoms with Gasteiger partial charge >= 0.3 is 6.01 Å². The van der Waals surface area contributed by atoms with E-state index in [9.17, 15) is 5.26 Å². The van der Waals surface area contributed by atoms with Crippen molar-refractivity contribution in [1.82, 2.24) is 14.9 Å². The van der Waals surface area contributed by atoms with Gasteiger partial charge in [0, 0.05) is 44.9 Å². The number of fused-ring (bicyclic) bond motifs is 1. The zero-order valence-electron chi connectivity index (χ0n) is 20.4. The molecule has 1 aliphatic heterocycles. The van der Waals surface area contributed by atoms with Crippen LogP contribution in [0, 0.1) is 11.3 Å². The number of hydrogen-bond donors (Lipinski definition) is 1.